The molecule has 0 heterocycles. The van der Waals surface area contributed by atoms with Crippen molar-refractivity contribution in [3.63, 3.8) is 0 Å². The Morgan fingerprint density at radius 1 is 1.38 bits per heavy atom. The molecule has 0 aromatic heterocycles. The van der Waals surface area contributed by atoms with E-state index in [2.05, 4.69) is 0 Å². The van der Waals surface area contributed by atoms with Gasteiger partial charge in [0.05, 0.1) is 6.10 Å². The molecule has 0 saturated heterocycles. The highest BCUT2D eigenvalue weighted by Crippen LogP contribution is 2.28. The van der Waals surface area contributed by atoms with E-state index in [0.717, 1.165) is 0 Å². The van der Waals surface area contributed by atoms with E-state index >= 15 is 0 Å². The van der Waals surface area contributed by atoms with Gasteiger partial charge < -0.3 is 9.84 Å². The Hall–Kier alpha value is 0.01000. The zero-order chi connectivity index (χ0) is 10.9. The van der Waals surface area contributed by atoms with Gasteiger partial charge in [-0.15, -0.1) is 0 Å². The third kappa shape index (κ3) is 4.16. The Kier molecular flexibility index (Phi) is 4.03. The molecule has 0 radical (unpaired) electrons. The molecule has 0 amide bonds. The van der Waals surface area contributed by atoms with Crippen LogP contribution in [0.3, 0.4) is 0 Å². The zero-order valence-corrected chi connectivity index (χ0v) is 9.61. The smallest absolute Gasteiger partial charge is 0.345 e. The van der Waals surface area contributed by atoms with Gasteiger partial charge in [-0.25, -0.2) is 4.79 Å². The van der Waals surface area contributed by atoms with Crippen molar-refractivity contribution < 1.29 is 14.6 Å². The standard InChI is InChI=1S/C8H14Cl2O3/c1-5(11)8(9,10)6(12)13-7(2,3)4/h5,11H,1-4H3/t5-/m1/s1. The van der Waals surface area contributed by atoms with Crippen LogP contribution in [0.1, 0.15) is 27.7 Å². The maximum Gasteiger partial charge on any atom is 0.345 e. The van der Waals surface area contributed by atoms with E-state index in [-0.39, 0.29) is 0 Å². The lowest BCUT2D eigenvalue weighted by Crippen LogP contribution is -2.42. The summed E-state index contributed by atoms with van der Waals surface area (Å²) in [6.45, 7) is 6.40. The Labute approximate surface area is 88.0 Å². The molecular weight excluding hydrogens is 215 g/mol. The summed E-state index contributed by atoms with van der Waals surface area (Å²) in [5.74, 6) is -0.835. The van der Waals surface area contributed by atoms with Crippen molar-refractivity contribution in [3.05, 3.63) is 0 Å². The lowest BCUT2D eigenvalue weighted by Gasteiger charge is -2.26. The molecule has 0 rings (SSSR count). The third-order valence-electron chi connectivity index (χ3n) is 1.20. The summed E-state index contributed by atoms with van der Waals surface area (Å²) < 4.78 is 3.01. The lowest BCUT2D eigenvalue weighted by molar-refractivity contribution is -0.157. The second kappa shape index (κ2) is 4.03. The molecule has 0 aliphatic carbocycles. The van der Waals surface area contributed by atoms with Crippen LogP contribution < -0.4 is 0 Å². The quantitative estimate of drug-likeness (QED) is 0.580. The van der Waals surface area contributed by atoms with Crippen LogP contribution in [0.5, 0.6) is 0 Å². The molecule has 0 unspecified atom stereocenters. The van der Waals surface area contributed by atoms with Gasteiger partial charge in [-0.05, 0) is 27.7 Å². The topological polar surface area (TPSA) is 46.5 Å². The van der Waals surface area contributed by atoms with Crippen molar-refractivity contribution in [2.75, 3.05) is 0 Å². The van der Waals surface area contributed by atoms with E-state index < -0.39 is 22.0 Å². The molecule has 0 aliphatic heterocycles. The first-order valence-corrected chi connectivity index (χ1v) is 4.62. The van der Waals surface area contributed by atoms with Gasteiger partial charge in [0.15, 0.2) is 0 Å². The van der Waals surface area contributed by atoms with E-state index in [1.807, 2.05) is 0 Å². The van der Waals surface area contributed by atoms with Gasteiger partial charge in [0.25, 0.3) is 0 Å². The first kappa shape index (κ1) is 13.0. The van der Waals surface area contributed by atoms with Crippen molar-refractivity contribution in [2.45, 2.75) is 43.7 Å². The van der Waals surface area contributed by atoms with Crippen LogP contribution in [-0.2, 0) is 9.53 Å². The molecule has 1 atom stereocenters. The minimum atomic E-state index is -1.90. The van der Waals surface area contributed by atoms with Crippen LogP contribution >= 0.6 is 23.2 Å². The number of ether oxygens (including phenoxy) is 1. The van der Waals surface area contributed by atoms with Gasteiger partial charge in [-0.3, -0.25) is 0 Å². The Morgan fingerprint density at radius 2 is 1.77 bits per heavy atom. The van der Waals surface area contributed by atoms with Crippen molar-refractivity contribution in [2.24, 2.45) is 0 Å². The first-order valence-electron chi connectivity index (χ1n) is 3.86. The molecule has 0 aromatic rings. The van der Waals surface area contributed by atoms with Gasteiger partial charge >= 0.3 is 5.97 Å². The summed E-state index contributed by atoms with van der Waals surface area (Å²) >= 11 is 11.1. The van der Waals surface area contributed by atoms with E-state index in [1.165, 1.54) is 6.92 Å². The number of carbonyl (C=O) groups excluding carboxylic acids is 1. The normalized spacial score (nSPS) is 15.3. The van der Waals surface area contributed by atoms with Crippen LogP contribution in [0.2, 0.25) is 0 Å². The summed E-state index contributed by atoms with van der Waals surface area (Å²) in [7, 11) is 0. The summed E-state index contributed by atoms with van der Waals surface area (Å²) in [5, 5.41) is 9.08. The Bertz CT molecular complexity index is 194. The summed E-state index contributed by atoms with van der Waals surface area (Å²) in [6, 6.07) is 0. The molecule has 3 nitrogen and oxygen atoms in total. The molecule has 13 heavy (non-hydrogen) atoms. The number of aliphatic hydroxyl groups excluding tert-OH is 1. The highest BCUT2D eigenvalue weighted by atomic mass is 35.5. The fraction of sp³-hybridized carbons (Fsp3) is 0.875. The van der Waals surface area contributed by atoms with Crippen molar-refractivity contribution >= 4 is 29.2 Å². The molecule has 0 aromatic carbocycles. The van der Waals surface area contributed by atoms with Crippen LogP contribution in [0, 0.1) is 0 Å². The second-order valence-electron chi connectivity index (χ2n) is 3.80. The van der Waals surface area contributed by atoms with Crippen molar-refractivity contribution in [1.29, 1.82) is 0 Å². The number of esters is 1. The Morgan fingerprint density at radius 3 is 2.00 bits per heavy atom. The summed E-state index contributed by atoms with van der Waals surface area (Å²) in [5.41, 5.74) is -0.666. The van der Waals surface area contributed by atoms with E-state index in [0.29, 0.717) is 0 Å². The minimum absolute atomic E-state index is 0.666. The lowest BCUT2D eigenvalue weighted by atomic mass is 10.2. The van der Waals surface area contributed by atoms with Crippen LogP contribution in [0.4, 0.5) is 0 Å². The average Bonchev–Trinajstić information content (AvgIpc) is 1.82. The van der Waals surface area contributed by atoms with Gasteiger partial charge in [0, 0.05) is 0 Å². The second-order valence-corrected chi connectivity index (χ2v) is 5.19. The highest BCUT2D eigenvalue weighted by molar-refractivity contribution is 6.58. The molecule has 1 N–H and O–H groups in total. The number of hydrogen-bond acceptors (Lipinski definition) is 3. The largest absolute Gasteiger partial charge is 0.458 e. The molecule has 0 spiro atoms. The van der Waals surface area contributed by atoms with Gasteiger partial charge in [-0.2, -0.15) is 0 Å². The van der Waals surface area contributed by atoms with Gasteiger partial charge in [0.2, 0.25) is 4.33 Å². The number of aliphatic hydroxyl groups is 1. The maximum atomic E-state index is 11.3. The van der Waals surface area contributed by atoms with E-state index in [4.69, 9.17) is 33.0 Å². The monoisotopic (exact) mass is 228 g/mol. The number of rotatable bonds is 2. The number of carbonyl (C=O) groups is 1. The molecule has 0 saturated carbocycles. The molecular formula is C8H14Cl2O3. The molecule has 5 heteroatoms. The zero-order valence-electron chi connectivity index (χ0n) is 8.10. The van der Waals surface area contributed by atoms with Crippen LogP contribution in [-0.4, -0.2) is 27.1 Å². The molecule has 0 bridgehead atoms. The van der Waals surface area contributed by atoms with Crippen LogP contribution in [0.25, 0.3) is 0 Å². The summed E-state index contributed by atoms with van der Waals surface area (Å²) in [6.07, 6.45) is -1.18. The fourth-order valence-electron chi connectivity index (χ4n) is 0.517. The SMILES string of the molecule is C[C@@H](O)C(Cl)(Cl)C(=O)OC(C)(C)C. The number of alkyl halides is 2. The Balaban J connectivity index is 4.44. The van der Waals surface area contributed by atoms with Gasteiger partial charge in [-0.1, -0.05) is 23.2 Å². The molecule has 0 aliphatic rings. The van der Waals surface area contributed by atoms with Gasteiger partial charge in [0.1, 0.15) is 5.60 Å². The molecule has 78 valence electrons. The van der Waals surface area contributed by atoms with Crippen molar-refractivity contribution in [3.8, 4) is 0 Å². The predicted octanol–water partition coefficient (Wildman–Crippen LogP) is 1.88. The average molecular weight is 229 g/mol. The first-order chi connectivity index (χ1) is 5.57. The van der Waals surface area contributed by atoms with Crippen molar-refractivity contribution in [1.82, 2.24) is 0 Å². The maximum absolute atomic E-state index is 11.3. The molecule has 0 fully saturated rings. The third-order valence-corrected chi connectivity index (χ3v) is 2.14. The summed E-state index contributed by atoms with van der Waals surface area (Å²) in [4.78, 5) is 11.3. The number of hydrogen-bond donors (Lipinski definition) is 1. The van der Waals surface area contributed by atoms with E-state index in [1.54, 1.807) is 20.8 Å². The van der Waals surface area contributed by atoms with Crippen LogP contribution in [0.15, 0.2) is 0 Å². The number of halogens is 2. The predicted molar refractivity (Wildman–Crippen MR) is 52.0 cm³/mol. The van der Waals surface area contributed by atoms with E-state index in [9.17, 15) is 4.79 Å². The fourth-order valence-corrected chi connectivity index (χ4v) is 0.594. The highest BCUT2D eigenvalue weighted by Gasteiger charge is 2.42. The minimum Gasteiger partial charge on any atom is -0.458 e.